The smallest absolute Gasteiger partial charge is 0.241 e. The lowest BCUT2D eigenvalue weighted by Crippen LogP contribution is -2.48. The minimum Gasteiger partial charge on any atom is -0.373 e. The van der Waals surface area contributed by atoms with Crippen LogP contribution < -0.4 is 5.32 Å². The Labute approximate surface area is 121 Å². The van der Waals surface area contributed by atoms with E-state index in [0.29, 0.717) is 13.1 Å². The highest BCUT2D eigenvalue weighted by Crippen LogP contribution is 2.26. The number of amides is 1. The summed E-state index contributed by atoms with van der Waals surface area (Å²) in [5.41, 5.74) is -0.0458. The second kappa shape index (κ2) is 6.37. The van der Waals surface area contributed by atoms with Gasteiger partial charge in [0, 0.05) is 32.2 Å². The van der Waals surface area contributed by atoms with Crippen LogP contribution in [0, 0.1) is 11.6 Å². The van der Waals surface area contributed by atoms with Crippen molar-refractivity contribution in [1.82, 2.24) is 9.80 Å². The Morgan fingerprint density at radius 2 is 1.95 bits per heavy atom. The fourth-order valence-corrected chi connectivity index (χ4v) is 2.30. The second-order valence-electron chi connectivity index (χ2n) is 4.78. The van der Waals surface area contributed by atoms with Crippen LogP contribution in [0.5, 0.6) is 0 Å². The largest absolute Gasteiger partial charge is 0.373 e. The normalized spacial score (nSPS) is 16.3. The molecule has 1 amide bonds. The molecule has 1 aromatic rings. The van der Waals surface area contributed by atoms with Crippen molar-refractivity contribution < 1.29 is 13.6 Å². The van der Waals surface area contributed by atoms with Gasteiger partial charge in [-0.3, -0.25) is 4.79 Å². The maximum atomic E-state index is 13.5. The third-order valence-electron chi connectivity index (χ3n) is 3.28. The fraction of sp³-hybridized carbons (Fsp3) is 0.462. The SMILES string of the molecule is CN1CCN(C(=O)CNc2c(F)cc(F)cc2Cl)CC1. The number of halogens is 3. The van der Waals surface area contributed by atoms with Crippen molar-refractivity contribution >= 4 is 23.2 Å². The summed E-state index contributed by atoms with van der Waals surface area (Å²) >= 11 is 5.75. The zero-order valence-corrected chi connectivity index (χ0v) is 11.9. The number of carbonyl (C=O) groups excluding carboxylic acids is 1. The molecular weight excluding hydrogens is 288 g/mol. The molecule has 0 aromatic heterocycles. The maximum Gasteiger partial charge on any atom is 0.241 e. The van der Waals surface area contributed by atoms with Gasteiger partial charge in [0.05, 0.1) is 17.3 Å². The molecule has 20 heavy (non-hydrogen) atoms. The Kier molecular flexibility index (Phi) is 4.77. The van der Waals surface area contributed by atoms with Gasteiger partial charge in [-0.2, -0.15) is 0 Å². The van der Waals surface area contributed by atoms with E-state index in [0.717, 1.165) is 25.2 Å². The molecule has 0 unspecified atom stereocenters. The molecule has 0 radical (unpaired) electrons. The van der Waals surface area contributed by atoms with Gasteiger partial charge in [-0.05, 0) is 13.1 Å². The van der Waals surface area contributed by atoms with Gasteiger partial charge >= 0.3 is 0 Å². The summed E-state index contributed by atoms with van der Waals surface area (Å²) in [6.45, 7) is 2.87. The van der Waals surface area contributed by atoms with Gasteiger partial charge in [-0.1, -0.05) is 11.6 Å². The van der Waals surface area contributed by atoms with Crippen LogP contribution in [0.2, 0.25) is 5.02 Å². The van der Waals surface area contributed by atoms with E-state index in [2.05, 4.69) is 10.2 Å². The third-order valence-corrected chi connectivity index (χ3v) is 3.58. The number of nitrogens with one attached hydrogen (secondary N) is 1. The van der Waals surface area contributed by atoms with Crippen LogP contribution in [0.25, 0.3) is 0 Å². The second-order valence-corrected chi connectivity index (χ2v) is 5.19. The predicted molar refractivity (Wildman–Crippen MR) is 73.9 cm³/mol. The van der Waals surface area contributed by atoms with E-state index in [1.54, 1.807) is 4.90 Å². The lowest BCUT2D eigenvalue weighted by Gasteiger charge is -2.32. The summed E-state index contributed by atoms with van der Waals surface area (Å²) in [6, 6.07) is 1.74. The molecule has 0 aliphatic carbocycles. The van der Waals surface area contributed by atoms with Gasteiger partial charge in [-0.25, -0.2) is 8.78 Å². The summed E-state index contributed by atoms with van der Waals surface area (Å²) in [5.74, 6) is -1.68. The van der Waals surface area contributed by atoms with Gasteiger partial charge in [0.25, 0.3) is 0 Å². The van der Waals surface area contributed by atoms with E-state index < -0.39 is 11.6 Å². The number of rotatable bonds is 3. The topological polar surface area (TPSA) is 35.6 Å². The summed E-state index contributed by atoms with van der Waals surface area (Å²) in [6.07, 6.45) is 0. The molecular formula is C13H16ClF2N3O. The highest BCUT2D eigenvalue weighted by Gasteiger charge is 2.19. The van der Waals surface area contributed by atoms with E-state index in [4.69, 9.17) is 11.6 Å². The van der Waals surface area contributed by atoms with E-state index >= 15 is 0 Å². The number of piperazine rings is 1. The van der Waals surface area contributed by atoms with Crippen LogP contribution in [0.15, 0.2) is 12.1 Å². The van der Waals surface area contributed by atoms with Crippen LogP contribution >= 0.6 is 11.6 Å². The van der Waals surface area contributed by atoms with E-state index in [1.807, 2.05) is 7.05 Å². The summed E-state index contributed by atoms with van der Waals surface area (Å²) < 4.78 is 26.4. The molecule has 0 atom stereocenters. The standard InChI is InChI=1S/C13H16ClF2N3O/c1-18-2-4-19(5-3-18)12(20)8-17-13-10(14)6-9(15)7-11(13)16/h6-7,17H,2-5,8H2,1H3. The first-order valence-corrected chi connectivity index (χ1v) is 6.70. The Morgan fingerprint density at radius 1 is 1.30 bits per heavy atom. The molecule has 7 heteroatoms. The van der Waals surface area contributed by atoms with Gasteiger partial charge in [0.15, 0.2) is 5.82 Å². The number of carbonyl (C=O) groups is 1. The molecule has 4 nitrogen and oxygen atoms in total. The van der Waals surface area contributed by atoms with Gasteiger partial charge < -0.3 is 15.1 Å². The van der Waals surface area contributed by atoms with Crippen molar-refractivity contribution in [1.29, 1.82) is 0 Å². The molecule has 1 aliphatic rings. The Balaban J connectivity index is 1.94. The zero-order valence-electron chi connectivity index (χ0n) is 11.1. The molecule has 0 saturated carbocycles. The summed E-state index contributed by atoms with van der Waals surface area (Å²) in [7, 11) is 1.99. The predicted octanol–water partition coefficient (Wildman–Crippen LogP) is 1.80. The average molecular weight is 304 g/mol. The van der Waals surface area contributed by atoms with Crippen molar-refractivity contribution in [2.75, 3.05) is 45.1 Å². The number of hydrogen-bond donors (Lipinski definition) is 1. The molecule has 0 spiro atoms. The molecule has 1 saturated heterocycles. The van der Waals surface area contributed by atoms with Crippen molar-refractivity contribution in [3.05, 3.63) is 28.8 Å². The van der Waals surface area contributed by atoms with Crippen LogP contribution in [0.4, 0.5) is 14.5 Å². The van der Waals surface area contributed by atoms with Gasteiger partial charge in [0.2, 0.25) is 5.91 Å². The lowest BCUT2D eigenvalue weighted by atomic mass is 10.3. The number of nitrogens with zero attached hydrogens (tertiary/aromatic N) is 2. The first kappa shape index (κ1) is 15.0. The minimum absolute atomic E-state index is 0.0458. The molecule has 110 valence electrons. The molecule has 1 heterocycles. The molecule has 0 bridgehead atoms. The van der Waals surface area contributed by atoms with E-state index in [-0.39, 0.29) is 23.2 Å². The third kappa shape index (κ3) is 3.58. The number of benzene rings is 1. The van der Waals surface area contributed by atoms with Crippen LogP contribution in [0.3, 0.4) is 0 Å². The van der Waals surface area contributed by atoms with E-state index in [1.165, 1.54) is 0 Å². The average Bonchev–Trinajstić information content (AvgIpc) is 2.38. The maximum absolute atomic E-state index is 13.5. The zero-order chi connectivity index (χ0) is 14.7. The van der Waals surface area contributed by atoms with Crippen molar-refractivity contribution in [3.8, 4) is 0 Å². The Hall–Kier alpha value is -1.40. The van der Waals surface area contributed by atoms with Crippen LogP contribution in [-0.4, -0.2) is 55.5 Å². The van der Waals surface area contributed by atoms with Crippen LogP contribution in [-0.2, 0) is 4.79 Å². The van der Waals surface area contributed by atoms with Gasteiger partial charge in [0.1, 0.15) is 5.82 Å². The lowest BCUT2D eigenvalue weighted by molar-refractivity contribution is -0.130. The Bertz CT molecular complexity index is 481. The molecule has 1 aromatic carbocycles. The first-order valence-electron chi connectivity index (χ1n) is 6.32. The quantitative estimate of drug-likeness (QED) is 0.925. The fourth-order valence-electron chi connectivity index (χ4n) is 2.04. The number of likely N-dealkylation sites (N-methyl/N-ethyl adjacent to an activating group) is 1. The molecule has 1 aliphatic heterocycles. The summed E-state index contributed by atoms with van der Waals surface area (Å²) in [5, 5.41) is 2.56. The molecule has 1 N–H and O–H groups in total. The minimum atomic E-state index is -0.804. The molecule has 1 fully saturated rings. The Morgan fingerprint density at radius 3 is 2.55 bits per heavy atom. The van der Waals surface area contributed by atoms with E-state index in [9.17, 15) is 13.6 Å². The number of anilines is 1. The monoisotopic (exact) mass is 303 g/mol. The summed E-state index contributed by atoms with van der Waals surface area (Å²) in [4.78, 5) is 15.8. The number of hydrogen-bond acceptors (Lipinski definition) is 3. The molecule has 2 rings (SSSR count). The van der Waals surface area contributed by atoms with Crippen molar-refractivity contribution in [2.24, 2.45) is 0 Å². The van der Waals surface area contributed by atoms with Crippen LogP contribution in [0.1, 0.15) is 0 Å². The highest BCUT2D eigenvalue weighted by atomic mass is 35.5. The van der Waals surface area contributed by atoms with Gasteiger partial charge in [-0.15, -0.1) is 0 Å². The highest BCUT2D eigenvalue weighted by molar-refractivity contribution is 6.33. The van der Waals surface area contributed by atoms with Crippen molar-refractivity contribution in [2.45, 2.75) is 0 Å². The van der Waals surface area contributed by atoms with Crippen molar-refractivity contribution in [3.63, 3.8) is 0 Å². The first-order chi connectivity index (χ1) is 9.47.